The van der Waals surface area contributed by atoms with Crippen LogP contribution >= 0.6 is 0 Å². The first kappa shape index (κ1) is 14.6. The molecule has 0 bridgehead atoms. The van der Waals surface area contributed by atoms with Crippen LogP contribution in [0, 0.1) is 6.92 Å². The van der Waals surface area contributed by atoms with Crippen LogP contribution in [0.3, 0.4) is 0 Å². The summed E-state index contributed by atoms with van der Waals surface area (Å²) in [5.41, 5.74) is -1.31. The van der Waals surface area contributed by atoms with Gasteiger partial charge in [-0.1, -0.05) is 0 Å². The molecule has 0 atom stereocenters. The van der Waals surface area contributed by atoms with E-state index in [4.69, 9.17) is 0 Å². The number of ketones is 3. The molecule has 0 heterocycles. The van der Waals surface area contributed by atoms with Crippen molar-refractivity contribution >= 4 is 23.1 Å². The number of aromatic hydroxyl groups is 2. The number of carbonyl (C=O) groups excluding carboxylic acids is 3. The fourth-order valence-corrected chi connectivity index (χ4v) is 2.35. The van der Waals surface area contributed by atoms with Gasteiger partial charge in [0.2, 0.25) is 11.5 Å². The highest BCUT2D eigenvalue weighted by Gasteiger charge is 2.40. The van der Waals surface area contributed by atoms with Gasteiger partial charge in [-0.2, -0.15) is 0 Å². The van der Waals surface area contributed by atoms with Gasteiger partial charge in [0.25, 0.3) is 5.78 Å². The molecular formula is C14H12O7. The van der Waals surface area contributed by atoms with Crippen molar-refractivity contribution < 1.29 is 34.4 Å². The van der Waals surface area contributed by atoms with Gasteiger partial charge in [0, 0.05) is 5.56 Å². The number of hydrogen-bond acceptors (Lipinski definition) is 7. The average Bonchev–Trinajstić information content (AvgIpc) is 2.40. The van der Waals surface area contributed by atoms with Crippen molar-refractivity contribution in [3.63, 3.8) is 0 Å². The number of carbonyl (C=O) groups is 3. The van der Waals surface area contributed by atoms with E-state index in [9.17, 15) is 29.7 Å². The van der Waals surface area contributed by atoms with Gasteiger partial charge < -0.3 is 20.1 Å². The van der Waals surface area contributed by atoms with E-state index in [1.54, 1.807) is 0 Å². The monoisotopic (exact) mass is 292 g/mol. The quantitative estimate of drug-likeness (QED) is 0.426. The second-order valence-electron chi connectivity index (χ2n) is 4.54. The zero-order chi connectivity index (χ0) is 16.1. The van der Waals surface area contributed by atoms with Crippen LogP contribution in [-0.2, 0) is 9.53 Å². The van der Waals surface area contributed by atoms with E-state index in [1.807, 2.05) is 0 Å². The molecule has 0 unspecified atom stereocenters. The Labute approximate surface area is 119 Å². The third-order valence-electron chi connectivity index (χ3n) is 3.34. The second kappa shape index (κ2) is 4.62. The minimum absolute atomic E-state index is 0.0476. The Kier molecular flexibility index (Phi) is 3.21. The molecule has 2 rings (SSSR count). The SMILES string of the molecule is COC1=C(O)c2c(O)c(C(C)=O)c(C)c(O)c2C(=O)C1=O. The number of Topliss-reactive ketones (excluding diaryl/α,β-unsaturated/α-hetero) is 3. The summed E-state index contributed by atoms with van der Waals surface area (Å²) in [7, 11) is 1.07. The van der Waals surface area contributed by atoms with Gasteiger partial charge in [-0.05, 0) is 13.8 Å². The van der Waals surface area contributed by atoms with Gasteiger partial charge in [-0.3, -0.25) is 14.4 Å². The van der Waals surface area contributed by atoms with Crippen LogP contribution in [0.4, 0.5) is 0 Å². The van der Waals surface area contributed by atoms with Crippen molar-refractivity contribution in [3.05, 3.63) is 28.0 Å². The predicted molar refractivity (Wildman–Crippen MR) is 70.4 cm³/mol. The van der Waals surface area contributed by atoms with Crippen LogP contribution in [0.1, 0.15) is 38.8 Å². The third kappa shape index (κ3) is 1.78. The summed E-state index contributed by atoms with van der Waals surface area (Å²) in [6, 6.07) is 0. The highest BCUT2D eigenvalue weighted by Crippen LogP contribution is 2.44. The van der Waals surface area contributed by atoms with E-state index in [-0.39, 0.29) is 11.1 Å². The summed E-state index contributed by atoms with van der Waals surface area (Å²) < 4.78 is 4.65. The highest BCUT2D eigenvalue weighted by molar-refractivity contribution is 6.52. The van der Waals surface area contributed by atoms with Crippen molar-refractivity contribution in [3.8, 4) is 11.5 Å². The van der Waals surface area contributed by atoms with Crippen molar-refractivity contribution in [2.24, 2.45) is 0 Å². The van der Waals surface area contributed by atoms with Gasteiger partial charge in [0.1, 0.15) is 11.5 Å². The van der Waals surface area contributed by atoms with Crippen molar-refractivity contribution in [1.29, 1.82) is 0 Å². The summed E-state index contributed by atoms with van der Waals surface area (Å²) in [6.45, 7) is 2.47. The maximum absolute atomic E-state index is 12.0. The molecule has 7 nitrogen and oxygen atoms in total. The minimum Gasteiger partial charge on any atom is -0.507 e. The molecule has 0 saturated carbocycles. The molecule has 110 valence electrons. The molecule has 0 amide bonds. The molecule has 0 fully saturated rings. The topological polar surface area (TPSA) is 121 Å². The first-order valence-electron chi connectivity index (χ1n) is 5.90. The van der Waals surface area contributed by atoms with Crippen molar-refractivity contribution in [1.82, 2.24) is 0 Å². The zero-order valence-corrected chi connectivity index (χ0v) is 11.5. The Balaban J connectivity index is 3.02. The highest BCUT2D eigenvalue weighted by atomic mass is 16.5. The fraction of sp³-hybridized carbons (Fsp3) is 0.214. The van der Waals surface area contributed by atoms with Gasteiger partial charge >= 0.3 is 0 Å². The standard InChI is InChI=1S/C14H12O7/c1-4-6(5(2)15)10(17)8-7(9(4)16)11(18)13(20)14(21-3)12(8)19/h16-17,19H,1-3H3. The maximum atomic E-state index is 12.0. The number of rotatable bonds is 2. The van der Waals surface area contributed by atoms with E-state index in [0.29, 0.717) is 0 Å². The van der Waals surface area contributed by atoms with Crippen LogP contribution in [0.2, 0.25) is 0 Å². The Morgan fingerprint density at radius 3 is 2.05 bits per heavy atom. The number of aliphatic hydroxyl groups excluding tert-OH is 1. The van der Waals surface area contributed by atoms with Crippen LogP contribution in [0.5, 0.6) is 11.5 Å². The number of hydrogen-bond donors (Lipinski definition) is 3. The van der Waals surface area contributed by atoms with Crippen LogP contribution in [0.25, 0.3) is 5.76 Å². The second-order valence-corrected chi connectivity index (χ2v) is 4.54. The van der Waals surface area contributed by atoms with Gasteiger partial charge in [0.15, 0.2) is 11.5 Å². The van der Waals surface area contributed by atoms with Gasteiger partial charge in [-0.15, -0.1) is 0 Å². The number of phenolic OH excluding ortho intramolecular Hbond substituents is 2. The summed E-state index contributed by atoms with van der Waals surface area (Å²) >= 11 is 0. The number of allylic oxidation sites excluding steroid dienone is 1. The van der Waals surface area contributed by atoms with Gasteiger partial charge in [-0.25, -0.2) is 0 Å². The molecule has 0 saturated heterocycles. The molecule has 1 aromatic rings. The molecule has 0 aliphatic heterocycles. The smallest absolute Gasteiger partial charge is 0.272 e. The lowest BCUT2D eigenvalue weighted by molar-refractivity contribution is -0.114. The number of ether oxygens (including phenoxy) is 1. The molecule has 1 aromatic carbocycles. The van der Waals surface area contributed by atoms with E-state index < -0.39 is 51.5 Å². The normalized spacial score (nSPS) is 14.2. The van der Waals surface area contributed by atoms with Crippen LogP contribution in [-0.4, -0.2) is 39.8 Å². The lowest BCUT2D eigenvalue weighted by Crippen LogP contribution is -2.26. The largest absolute Gasteiger partial charge is 0.507 e. The molecule has 21 heavy (non-hydrogen) atoms. The van der Waals surface area contributed by atoms with Crippen LogP contribution in [0.15, 0.2) is 5.76 Å². The Hall–Kier alpha value is -2.83. The van der Waals surface area contributed by atoms with Crippen molar-refractivity contribution in [2.75, 3.05) is 7.11 Å². The van der Waals surface area contributed by atoms with E-state index in [0.717, 1.165) is 14.0 Å². The molecule has 0 aromatic heterocycles. The molecular weight excluding hydrogens is 280 g/mol. The number of fused-ring (bicyclic) bond motifs is 1. The summed E-state index contributed by atoms with van der Waals surface area (Å²) in [5, 5.41) is 30.2. The lowest BCUT2D eigenvalue weighted by Gasteiger charge is -2.21. The first-order chi connectivity index (χ1) is 9.73. The van der Waals surface area contributed by atoms with E-state index >= 15 is 0 Å². The number of methoxy groups -OCH3 is 1. The molecule has 7 heteroatoms. The summed E-state index contributed by atoms with van der Waals surface area (Å²) in [6.07, 6.45) is 0. The van der Waals surface area contributed by atoms with E-state index in [1.165, 1.54) is 6.92 Å². The molecule has 1 aliphatic carbocycles. The predicted octanol–water partition coefficient (Wildman–Crippen LogP) is 1.25. The number of phenols is 2. The lowest BCUT2D eigenvalue weighted by atomic mass is 9.86. The Morgan fingerprint density at radius 1 is 1.00 bits per heavy atom. The first-order valence-corrected chi connectivity index (χ1v) is 5.90. The van der Waals surface area contributed by atoms with Gasteiger partial charge in [0.05, 0.1) is 23.8 Å². The maximum Gasteiger partial charge on any atom is 0.272 e. The number of benzene rings is 1. The van der Waals surface area contributed by atoms with E-state index in [2.05, 4.69) is 4.74 Å². The average molecular weight is 292 g/mol. The molecule has 0 radical (unpaired) electrons. The summed E-state index contributed by atoms with van der Waals surface area (Å²) in [5.74, 6) is -5.61. The molecule has 1 aliphatic rings. The Morgan fingerprint density at radius 2 is 1.57 bits per heavy atom. The number of aliphatic hydroxyl groups is 1. The van der Waals surface area contributed by atoms with Crippen LogP contribution < -0.4 is 0 Å². The zero-order valence-electron chi connectivity index (χ0n) is 11.5. The van der Waals surface area contributed by atoms with Crippen molar-refractivity contribution in [2.45, 2.75) is 13.8 Å². The minimum atomic E-state index is -1.15. The molecule has 0 spiro atoms. The molecule has 3 N–H and O–H groups in total. The Bertz CT molecular complexity index is 740. The fourth-order valence-electron chi connectivity index (χ4n) is 2.35. The third-order valence-corrected chi connectivity index (χ3v) is 3.34. The summed E-state index contributed by atoms with van der Waals surface area (Å²) in [4.78, 5) is 35.4.